The van der Waals surface area contributed by atoms with Crippen molar-refractivity contribution in [3.63, 3.8) is 0 Å². The highest BCUT2D eigenvalue weighted by Crippen LogP contribution is 2.32. The molecule has 1 fully saturated rings. The van der Waals surface area contributed by atoms with Crippen molar-refractivity contribution in [2.75, 3.05) is 7.05 Å². The number of thiophene rings is 1. The summed E-state index contributed by atoms with van der Waals surface area (Å²) in [4.78, 5) is 26.7. The lowest BCUT2D eigenvalue weighted by atomic mass is 9.81. The number of carbonyl (C=O) groups excluding carboxylic acids is 1. The van der Waals surface area contributed by atoms with Crippen molar-refractivity contribution in [1.29, 1.82) is 5.26 Å². The van der Waals surface area contributed by atoms with E-state index in [0.717, 1.165) is 28.8 Å². The summed E-state index contributed by atoms with van der Waals surface area (Å²) in [6.07, 6.45) is 4.27. The summed E-state index contributed by atoms with van der Waals surface area (Å²) in [6, 6.07) is 5.93. The van der Waals surface area contributed by atoms with Crippen molar-refractivity contribution >= 4 is 17.2 Å². The summed E-state index contributed by atoms with van der Waals surface area (Å²) < 4.78 is 6.12. The number of aromatic nitrogens is 2. The smallest absolute Gasteiger partial charge is 0.387 e. The average Bonchev–Trinajstić information content (AvgIpc) is 3.25. The van der Waals surface area contributed by atoms with Gasteiger partial charge in [-0.2, -0.15) is 9.94 Å². The molecule has 0 aromatic carbocycles. The third-order valence-electron chi connectivity index (χ3n) is 4.53. The monoisotopic (exact) mass is 346 g/mol. The van der Waals surface area contributed by atoms with Gasteiger partial charge in [-0.3, -0.25) is 4.79 Å². The zero-order chi connectivity index (χ0) is 17.2. The fraction of sp³-hybridized carbons (Fsp3) is 0.500. The van der Waals surface area contributed by atoms with Gasteiger partial charge in [-0.25, -0.2) is 4.79 Å². The Morgan fingerprint density at radius 2 is 2.25 bits per heavy atom. The summed E-state index contributed by atoms with van der Waals surface area (Å²) >= 11 is 1.40. The predicted molar refractivity (Wildman–Crippen MR) is 88.3 cm³/mol. The molecular weight excluding hydrogens is 328 g/mol. The van der Waals surface area contributed by atoms with Gasteiger partial charge in [0.05, 0.1) is 10.9 Å². The largest absolute Gasteiger partial charge is 0.437 e. The van der Waals surface area contributed by atoms with E-state index in [9.17, 15) is 14.9 Å². The van der Waals surface area contributed by atoms with Crippen LogP contribution in [0.3, 0.4) is 0 Å². The van der Waals surface area contributed by atoms with Crippen molar-refractivity contribution in [2.24, 2.45) is 0 Å². The molecule has 126 valence electrons. The molecule has 0 N–H and O–H groups in total. The molecule has 3 rings (SSSR count). The number of nitrogens with zero attached hydrogens (tertiary/aromatic N) is 4. The van der Waals surface area contributed by atoms with Gasteiger partial charge in [0.2, 0.25) is 5.91 Å². The van der Waals surface area contributed by atoms with Crippen molar-refractivity contribution < 1.29 is 9.21 Å². The Morgan fingerprint density at radius 3 is 2.88 bits per heavy atom. The van der Waals surface area contributed by atoms with Gasteiger partial charge >= 0.3 is 5.76 Å². The molecule has 1 amide bonds. The molecule has 8 heteroatoms. The lowest BCUT2D eigenvalue weighted by molar-refractivity contribution is -0.135. The molecule has 0 bridgehead atoms. The first-order chi connectivity index (χ1) is 11.6. The van der Waals surface area contributed by atoms with Crippen molar-refractivity contribution in [3.05, 3.63) is 28.1 Å². The summed E-state index contributed by atoms with van der Waals surface area (Å²) in [6.45, 7) is -0.229. The van der Waals surface area contributed by atoms with E-state index in [0.29, 0.717) is 12.8 Å². The minimum atomic E-state index is -0.779. The number of amides is 1. The van der Waals surface area contributed by atoms with Crippen LogP contribution in [-0.4, -0.2) is 33.2 Å². The highest BCUT2D eigenvalue weighted by molar-refractivity contribution is 7.13. The fourth-order valence-corrected chi connectivity index (χ4v) is 3.68. The molecule has 1 aliphatic rings. The molecule has 2 aromatic heterocycles. The van der Waals surface area contributed by atoms with E-state index in [1.54, 1.807) is 13.1 Å². The molecule has 2 heterocycles. The van der Waals surface area contributed by atoms with Gasteiger partial charge < -0.3 is 9.32 Å². The van der Waals surface area contributed by atoms with Crippen LogP contribution in [0, 0.1) is 11.3 Å². The van der Waals surface area contributed by atoms with E-state index in [2.05, 4.69) is 11.2 Å². The maximum absolute atomic E-state index is 12.6. The van der Waals surface area contributed by atoms with Crippen LogP contribution in [0.2, 0.25) is 0 Å². The van der Waals surface area contributed by atoms with Gasteiger partial charge in [0.1, 0.15) is 12.1 Å². The Hall–Kier alpha value is -2.40. The van der Waals surface area contributed by atoms with Gasteiger partial charge in [-0.1, -0.05) is 25.3 Å². The molecule has 0 aliphatic heterocycles. The van der Waals surface area contributed by atoms with Crippen LogP contribution in [0.5, 0.6) is 0 Å². The number of likely N-dealkylation sites (N-methyl/N-ethyl adjacent to an activating group) is 1. The highest BCUT2D eigenvalue weighted by atomic mass is 32.1. The Labute approximate surface area is 143 Å². The lowest BCUT2D eigenvalue weighted by Crippen LogP contribution is -2.51. The first kappa shape index (κ1) is 16.5. The first-order valence-corrected chi connectivity index (χ1v) is 8.73. The molecule has 2 aromatic rings. The topological polar surface area (TPSA) is 92.1 Å². The Bertz CT molecular complexity index is 809. The van der Waals surface area contributed by atoms with E-state index in [1.807, 2.05) is 11.4 Å². The fourth-order valence-electron chi connectivity index (χ4n) is 3.04. The van der Waals surface area contributed by atoms with Crippen LogP contribution >= 0.6 is 11.3 Å². The summed E-state index contributed by atoms with van der Waals surface area (Å²) in [7, 11) is 1.63. The number of rotatable bonds is 4. The maximum atomic E-state index is 12.6. The second kappa shape index (κ2) is 6.61. The van der Waals surface area contributed by atoms with E-state index < -0.39 is 11.3 Å². The van der Waals surface area contributed by atoms with Gasteiger partial charge in [0.25, 0.3) is 5.89 Å². The molecule has 0 unspecified atom stereocenters. The molecular formula is C16H18N4O3S. The van der Waals surface area contributed by atoms with E-state index in [4.69, 9.17) is 4.42 Å². The minimum Gasteiger partial charge on any atom is -0.387 e. The molecule has 7 nitrogen and oxygen atoms in total. The molecule has 0 saturated heterocycles. The first-order valence-electron chi connectivity index (χ1n) is 7.85. The maximum Gasteiger partial charge on any atom is 0.437 e. The van der Waals surface area contributed by atoms with Crippen LogP contribution in [0.15, 0.2) is 26.7 Å². The van der Waals surface area contributed by atoms with Gasteiger partial charge in [-0.05, 0) is 24.3 Å². The zero-order valence-electron chi connectivity index (χ0n) is 13.4. The third kappa shape index (κ3) is 2.99. The summed E-state index contributed by atoms with van der Waals surface area (Å²) in [5.41, 5.74) is -0.779. The van der Waals surface area contributed by atoms with Crippen LogP contribution in [-0.2, 0) is 11.3 Å². The quantitative estimate of drug-likeness (QED) is 0.846. The van der Waals surface area contributed by atoms with Crippen LogP contribution < -0.4 is 5.76 Å². The highest BCUT2D eigenvalue weighted by Gasteiger charge is 2.39. The normalized spacial score (nSPS) is 16.5. The third-order valence-corrected chi connectivity index (χ3v) is 5.39. The molecule has 1 aliphatic carbocycles. The average molecular weight is 346 g/mol. The van der Waals surface area contributed by atoms with Crippen molar-refractivity contribution in [1.82, 2.24) is 14.7 Å². The van der Waals surface area contributed by atoms with E-state index in [-0.39, 0.29) is 18.3 Å². The second-order valence-electron chi connectivity index (χ2n) is 5.96. The van der Waals surface area contributed by atoms with E-state index >= 15 is 0 Å². The standard InChI is InChI=1S/C16H18N4O3S/c1-19(16(11-17)7-3-2-4-8-16)13(21)10-20-15(22)23-14(18-20)12-6-5-9-24-12/h5-6,9H,2-4,7-8,10H2,1H3. The molecule has 1 saturated carbocycles. The Morgan fingerprint density at radius 1 is 1.50 bits per heavy atom. The van der Waals surface area contributed by atoms with Crippen LogP contribution in [0.4, 0.5) is 0 Å². The minimum absolute atomic E-state index is 0.207. The van der Waals surface area contributed by atoms with Gasteiger partial charge in [0.15, 0.2) is 0 Å². The molecule has 0 radical (unpaired) electrons. The molecule has 24 heavy (non-hydrogen) atoms. The number of nitriles is 1. The summed E-state index contributed by atoms with van der Waals surface area (Å²) in [5.74, 6) is -0.778. The Balaban J connectivity index is 1.77. The molecule has 0 spiro atoms. The Kier molecular flexibility index (Phi) is 4.53. The number of hydrogen-bond acceptors (Lipinski definition) is 6. The summed E-state index contributed by atoms with van der Waals surface area (Å²) in [5, 5.41) is 15.5. The molecule has 0 atom stereocenters. The lowest BCUT2D eigenvalue weighted by Gasteiger charge is -2.38. The SMILES string of the molecule is CN(C(=O)Cn1nc(-c2cccs2)oc1=O)C1(C#N)CCCCC1. The predicted octanol–water partition coefficient (Wildman–Crippen LogP) is 2.25. The zero-order valence-corrected chi connectivity index (χ0v) is 14.2. The van der Waals surface area contributed by atoms with Crippen molar-refractivity contribution in [2.45, 2.75) is 44.2 Å². The van der Waals surface area contributed by atoms with Gasteiger partial charge in [0, 0.05) is 7.05 Å². The van der Waals surface area contributed by atoms with E-state index in [1.165, 1.54) is 16.2 Å². The number of hydrogen-bond donors (Lipinski definition) is 0. The van der Waals surface area contributed by atoms with Crippen LogP contribution in [0.1, 0.15) is 32.1 Å². The van der Waals surface area contributed by atoms with Crippen LogP contribution in [0.25, 0.3) is 10.8 Å². The number of carbonyl (C=O) groups is 1. The second-order valence-corrected chi connectivity index (χ2v) is 6.91. The van der Waals surface area contributed by atoms with Crippen molar-refractivity contribution in [3.8, 4) is 16.8 Å². The van der Waals surface area contributed by atoms with Gasteiger partial charge in [-0.15, -0.1) is 16.4 Å².